The summed E-state index contributed by atoms with van der Waals surface area (Å²) >= 11 is 0. The van der Waals surface area contributed by atoms with E-state index >= 15 is 0 Å². The number of hydrazine groups is 1. The van der Waals surface area contributed by atoms with Crippen LogP contribution in [0.1, 0.15) is 19.8 Å². The normalized spacial score (nSPS) is 12.9. The fourth-order valence-electron chi connectivity index (χ4n) is 1.30. The van der Waals surface area contributed by atoms with Crippen molar-refractivity contribution in [1.29, 1.82) is 0 Å². The minimum Gasteiger partial charge on any atom is -0.480 e. The van der Waals surface area contributed by atoms with E-state index in [9.17, 15) is 9.59 Å². The van der Waals surface area contributed by atoms with Crippen LogP contribution in [0.25, 0.3) is 0 Å². The average Bonchev–Trinajstić information content (AvgIpc) is 2.36. The van der Waals surface area contributed by atoms with Crippen molar-refractivity contribution >= 4 is 11.9 Å². The summed E-state index contributed by atoms with van der Waals surface area (Å²) in [7, 11) is 1.47. The van der Waals surface area contributed by atoms with Crippen molar-refractivity contribution in [3.05, 3.63) is 11.9 Å². The predicted molar refractivity (Wildman–Crippen MR) is 71.3 cm³/mol. The van der Waals surface area contributed by atoms with Crippen LogP contribution < -0.4 is 17.3 Å². The van der Waals surface area contributed by atoms with E-state index in [1.807, 2.05) is 0 Å². The second-order valence-electron chi connectivity index (χ2n) is 4.27. The largest absolute Gasteiger partial charge is 0.480 e. The van der Waals surface area contributed by atoms with Crippen molar-refractivity contribution < 1.29 is 14.7 Å². The fraction of sp³-hybridized carbons (Fsp3) is 0.636. The van der Waals surface area contributed by atoms with Gasteiger partial charge in [-0.15, -0.1) is 0 Å². The van der Waals surface area contributed by atoms with Crippen molar-refractivity contribution in [2.24, 2.45) is 17.3 Å². The summed E-state index contributed by atoms with van der Waals surface area (Å²) in [6, 6.07) is -0.839. The van der Waals surface area contributed by atoms with Gasteiger partial charge in [-0.05, 0) is 13.3 Å². The second-order valence-corrected chi connectivity index (χ2v) is 4.27. The van der Waals surface area contributed by atoms with Crippen molar-refractivity contribution in [2.45, 2.75) is 25.8 Å². The molecule has 0 saturated heterocycles. The zero-order valence-electron chi connectivity index (χ0n) is 11.4. The quantitative estimate of drug-likeness (QED) is 0.316. The van der Waals surface area contributed by atoms with Crippen LogP contribution in [0.4, 0.5) is 0 Å². The van der Waals surface area contributed by atoms with Gasteiger partial charge in [0.2, 0.25) is 5.91 Å². The Morgan fingerprint density at radius 1 is 1.42 bits per heavy atom. The van der Waals surface area contributed by atoms with Gasteiger partial charge in [0.15, 0.2) is 0 Å². The zero-order chi connectivity index (χ0) is 15.0. The summed E-state index contributed by atoms with van der Waals surface area (Å²) < 4.78 is 0. The molecule has 0 bridgehead atoms. The molecule has 0 aromatic heterocycles. The highest BCUT2D eigenvalue weighted by Crippen LogP contribution is 2.02. The van der Waals surface area contributed by atoms with Crippen molar-refractivity contribution in [3.63, 3.8) is 0 Å². The monoisotopic (exact) mass is 273 g/mol. The van der Waals surface area contributed by atoms with Gasteiger partial charge in [0.1, 0.15) is 6.04 Å². The van der Waals surface area contributed by atoms with Crippen molar-refractivity contribution in [3.8, 4) is 0 Å². The van der Waals surface area contributed by atoms with E-state index in [-0.39, 0.29) is 18.9 Å². The highest BCUT2D eigenvalue weighted by molar-refractivity contribution is 5.83. The Bertz CT molecular complexity index is 345. The standard InChI is InChI=1S/C11H23N5O3/c1-8(11(18)19)15(2)10(17)4-3-5-16(14)7-9(13)6-12/h7-8H,3-6,12-14H2,1-2H3,(H,18,19)/b9-7-. The highest BCUT2D eigenvalue weighted by atomic mass is 16.4. The molecule has 1 amide bonds. The lowest BCUT2D eigenvalue weighted by Crippen LogP contribution is -2.40. The maximum absolute atomic E-state index is 11.7. The van der Waals surface area contributed by atoms with Gasteiger partial charge < -0.3 is 26.5 Å². The lowest BCUT2D eigenvalue weighted by atomic mass is 10.2. The Kier molecular flexibility index (Phi) is 7.54. The number of likely N-dealkylation sites (N-methyl/N-ethyl adjacent to an activating group) is 1. The Morgan fingerprint density at radius 2 is 2.00 bits per heavy atom. The average molecular weight is 273 g/mol. The number of carbonyl (C=O) groups is 2. The molecule has 8 heteroatoms. The molecular weight excluding hydrogens is 250 g/mol. The summed E-state index contributed by atoms with van der Waals surface area (Å²) in [6.07, 6.45) is 2.23. The Morgan fingerprint density at radius 3 is 2.47 bits per heavy atom. The van der Waals surface area contributed by atoms with Gasteiger partial charge in [0.05, 0.1) is 0 Å². The molecule has 0 heterocycles. The molecule has 0 aliphatic carbocycles. The maximum atomic E-state index is 11.7. The number of nitrogens with two attached hydrogens (primary N) is 3. The minimum absolute atomic E-state index is 0.214. The third kappa shape index (κ3) is 6.63. The van der Waals surface area contributed by atoms with E-state index in [0.29, 0.717) is 18.7 Å². The number of carbonyl (C=O) groups excluding carboxylic acids is 1. The van der Waals surface area contributed by atoms with Crippen LogP contribution in [0.2, 0.25) is 0 Å². The summed E-state index contributed by atoms with van der Waals surface area (Å²) in [5.41, 5.74) is 11.3. The molecule has 110 valence electrons. The SMILES string of the molecule is CC(C(=O)O)N(C)C(=O)CCCN(N)/C=C(\N)CN. The van der Waals surface area contributed by atoms with Gasteiger partial charge in [-0.25, -0.2) is 10.6 Å². The Labute approximate surface area is 112 Å². The lowest BCUT2D eigenvalue weighted by molar-refractivity contribution is -0.148. The number of aliphatic carboxylic acids is 1. The number of rotatable bonds is 8. The molecule has 0 aliphatic heterocycles. The molecule has 8 nitrogen and oxygen atoms in total. The zero-order valence-corrected chi connectivity index (χ0v) is 11.4. The third-order valence-corrected chi connectivity index (χ3v) is 2.71. The summed E-state index contributed by atoms with van der Waals surface area (Å²) in [5, 5.41) is 10.1. The van der Waals surface area contributed by atoms with Crippen LogP contribution in [0, 0.1) is 0 Å². The van der Waals surface area contributed by atoms with Crippen LogP contribution in [0.15, 0.2) is 11.9 Å². The number of hydrogen-bond donors (Lipinski definition) is 4. The van der Waals surface area contributed by atoms with Crippen LogP contribution in [-0.4, -0.2) is 53.1 Å². The summed E-state index contributed by atoms with van der Waals surface area (Å²) in [4.78, 5) is 23.6. The molecule has 0 spiro atoms. The number of nitrogens with zero attached hydrogens (tertiary/aromatic N) is 2. The molecule has 0 radical (unpaired) electrons. The van der Waals surface area contributed by atoms with E-state index in [1.165, 1.54) is 30.1 Å². The Hall–Kier alpha value is -1.80. The van der Waals surface area contributed by atoms with E-state index in [2.05, 4.69) is 0 Å². The van der Waals surface area contributed by atoms with Crippen LogP contribution >= 0.6 is 0 Å². The van der Waals surface area contributed by atoms with E-state index < -0.39 is 12.0 Å². The third-order valence-electron chi connectivity index (χ3n) is 2.71. The molecule has 1 atom stereocenters. The van der Waals surface area contributed by atoms with E-state index in [4.69, 9.17) is 22.4 Å². The molecular formula is C11H23N5O3. The van der Waals surface area contributed by atoms with Crippen LogP contribution in [-0.2, 0) is 9.59 Å². The molecule has 0 fully saturated rings. The molecule has 0 aromatic rings. The number of amides is 1. The van der Waals surface area contributed by atoms with Gasteiger partial charge in [-0.3, -0.25) is 4.79 Å². The number of carboxylic acid groups (broad SMARTS) is 1. The molecule has 1 unspecified atom stereocenters. The van der Waals surface area contributed by atoms with E-state index in [1.54, 1.807) is 0 Å². The predicted octanol–water partition coefficient (Wildman–Crippen LogP) is -1.37. The molecule has 0 rings (SSSR count). The van der Waals surface area contributed by atoms with Crippen molar-refractivity contribution in [2.75, 3.05) is 20.1 Å². The first kappa shape index (κ1) is 17.2. The second kappa shape index (κ2) is 8.33. The first-order valence-corrected chi connectivity index (χ1v) is 5.95. The first-order valence-electron chi connectivity index (χ1n) is 5.95. The number of carboxylic acids is 1. The molecule has 0 saturated carbocycles. The molecule has 0 aromatic carbocycles. The lowest BCUT2D eigenvalue weighted by Gasteiger charge is -2.22. The highest BCUT2D eigenvalue weighted by Gasteiger charge is 2.20. The number of hydrogen-bond acceptors (Lipinski definition) is 6. The van der Waals surface area contributed by atoms with Crippen LogP contribution in [0.3, 0.4) is 0 Å². The van der Waals surface area contributed by atoms with Gasteiger partial charge in [-0.2, -0.15) is 0 Å². The van der Waals surface area contributed by atoms with Crippen molar-refractivity contribution in [1.82, 2.24) is 9.91 Å². The Balaban J connectivity index is 4.08. The van der Waals surface area contributed by atoms with E-state index in [0.717, 1.165) is 0 Å². The molecule has 0 aliphatic rings. The van der Waals surface area contributed by atoms with Crippen LogP contribution in [0.5, 0.6) is 0 Å². The molecule has 7 N–H and O–H groups in total. The smallest absolute Gasteiger partial charge is 0.326 e. The van der Waals surface area contributed by atoms with Gasteiger partial charge in [0.25, 0.3) is 0 Å². The summed E-state index contributed by atoms with van der Waals surface area (Å²) in [5.74, 6) is 4.35. The van der Waals surface area contributed by atoms with Gasteiger partial charge >= 0.3 is 5.97 Å². The molecule has 19 heavy (non-hydrogen) atoms. The van der Waals surface area contributed by atoms with Gasteiger partial charge in [-0.1, -0.05) is 0 Å². The fourth-order valence-corrected chi connectivity index (χ4v) is 1.30. The maximum Gasteiger partial charge on any atom is 0.326 e. The first-order chi connectivity index (χ1) is 8.79. The summed E-state index contributed by atoms with van der Waals surface area (Å²) in [6.45, 7) is 2.10. The topological polar surface area (TPSA) is 139 Å². The van der Waals surface area contributed by atoms with Gasteiger partial charge in [0, 0.05) is 38.5 Å². The minimum atomic E-state index is -1.03.